The maximum absolute atomic E-state index is 11.9. The summed E-state index contributed by atoms with van der Waals surface area (Å²) in [5.41, 5.74) is 2.47. The Bertz CT molecular complexity index is 566. The fourth-order valence-electron chi connectivity index (χ4n) is 1.65. The molecule has 0 bridgehead atoms. The van der Waals surface area contributed by atoms with Gasteiger partial charge in [-0.2, -0.15) is 0 Å². The van der Waals surface area contributed by atoms with Gasteiger partial charge in [-0.25, -0.2) is 4.98 Å². The van der Waals surface area contributed by atoms with Gasteiger partial charge >= 0.3 is 0 Å². The predicted octanol–water partition coefficient (Wildman–Crippen LogP) is 1.76. The molecule has 0 radical (unpaired) electrons. The van der Waals surface area contributed by atoms with Crippen LogP contribution in [0.3, 0.4) is 0 Å². The van der Waals surface area contributed by atoms with E-state index in [4.69, 9.17) is 0 Å². The molecule has 98 valence electrons. The van der Waals surface area contributed by atoms with Crippen LogP contribution < -0.4 is 10.6 Å². The highest BCUT2D eigenvalue weighted by atomic mass is 16.1. The lowest BCUT2D eigenvalue weighted by atomic mass is 10.2. The molecule has 0 fully saturated rings. The normalized spacial score (nSPS) is 10.0. The number of carbonyl (C=O) groups excluding carboxylic acids is 1. The van der Waals surface area contributed by atoms with Crippen molar-refractivity contribution >= 4 is 11.7 Å². The number of hydrogen-bond donors (Lipinski definition) is 2. The Kier molecular flexibility index (Phi) is 4.07. The first-order valence-corrected chi connectivity index (χ1v) is 6.03. The Morgan fingerprint density at radius 3 is 2.74 bits per heavy atom. The van der Waals surface area contributed by atoms with E-state index in [2.05, 4.69) is 20.6 Å². The molecule has 2 aromatic heterocycles. The Morgan fingerprint density at radius 2 is 2.11 bits per heavy atom. The van der Waals surface area contributed by atoms with E-state index in [-0.39, 0.29) is 5.91 Å². The van der Waals surface area contributed by atoms with E-state index >= 15 is 0 Å². The van der Waals surface area contributed by atoms with Crippen LogP contribution in [-0.4, -0.2) is 22.9 Å². The van der Waals surface area contributed by atoms with Crippen molar-refractivity contribution in [1.29, 1.82) is 0 Å². The molecule has 0 unspecified atom stereocenters. The average molecular weight is 256 g/mol. The quantitative estimate of drug-likeness (QED) is 0.874. The van der Waals surface area contributed by atoms with Crippen LogP contribution in [0.15, 0.2) is 36.7 Å². The molecule has 0 aromatic carbocycles. The van der Waals surface area contributed by atoms with Crippen molar-refractivity contribution in [2.24, 2.45) is 0 Å². The summed E-state index contributed by atoms with van der Waals surface area (Å²) in [7, 11) is 1.78. The van der Waals surface area contributed by atoms with Gasteiger partial charge in [0, 0.05) is 19.4 Å². The summed E-state index contributed by atoms with van der Waals surface area (Å²) >= 11 is 0. The predicted molar refractivity (Wildman–Crippen MR) is 73.9 cm³/mol. The summed E-state index contributed by atoms with van der Waals surface area (Å²) in [4.78, 5) is 20.3. The Labute approximate surface area is 112 Å². The SMILES string of the molecule is CNc1ccc(C(=O)NCc2ncccc2C)cn1. The number of rotatable bonds is 4. The van der Waals surface area contributed by atoms with Gasteiger partial charge in [0.05, 0.1) is 17.8 Å². The number of pyridine rings is 2. The number of hydrogen-bond acceptors (Lipinski definition) is 4. The molecule has 2 N–H and O–H groups in total. The third-order valence-corrected chi connectivity index (χ3v) is 2.82. The lowest BCUT2D eigenvalue weighted by molar-refractivity contribution is 0.0950. The molecule has 0 aliphatic carbocycles. The number of aromatic nitrogens is 2. The van der Waals surface area contributed by atoms with E-state index in [1.807, 2.05) is 19.1 Å². The molecule has 0 spiro atoms. The summed E-state index contributed by atoms with van der Waals surface area (Å²) in [6.45, 7) is 2.39. The number of amides is 1. The summed E-state index contributed by atoms with van der Waals surface area (Å²) in [6, 6.07) is 7.35. The molecule has 0 aliphatic heterocycles. The van der Waals surface area contributed by atoms with Gasteiger partial charge in [0.1, 0.15) is 5.82 Å². The maximum Gasteiger partial charge on any atom is 0.253 e. The molecule has 19 heavy (non-hydrogen) atoms. The minimum atomic E-state index is -0.153. The molecule has 5 heteroatoms. The molecule has 0 atom stereocenters. The third kappa shape index (κ3) is 3.28. The number of carbonyl (C=O) groups is 1. The first-order chi connectivity index (χ1) is 9.20. The standard InChI is InChI=1S/C14H16N4O/c1-10-4-3-7-16-12(10)9-18-14(19)11-5-6-13(15-2)17-8-11/h3-8H,9H2,1-2H3,(H,15,17)(H,18,19). The van der Waals surface area contributed by atoms with Crippen molar-refractivity contribution in [3.8, 4) is 0 Å². The zero-order valence-corrected chi connectivity index (χ0v) is 11.0. The van der Waals surface area contributed by atoms with Crippen molar-refractivity contribution in [3.05, 3.63) is 53.5 Å². The second-order valence-electron chi connectivity index (χ2n) is 4.13. The molecule has 0 saturated carbocycles. The summed E-state index contributed by atoms with van der Waals surface area (Å²) in [5.74, 6) is 0.581. The van der Waals surface area contributed by atoms with Gasteiger partial charge in [0.2, 0.25) is 0 Å². The number of nitrogens with one attached hydrogen (secondary N) is 2. The zero-order chi connectivity index (χ0) is 13.7. The van der Waals surface area contributed by atoms with E-state index in [0.29, 0.717) is 12.1 Å². The summed E-state index contributed by atoms with van der Waals surface area (Å²) in [5, 5.41) is 5.74. The van der Waals surface area contributed by atoms with Gasteiger partial charge in [0.15, 0.2) is 0 Å². The lowest BCUT2D eigenvalue weighted by Gasteiger charge is -2.07. The fourth-order valence-corrected chi connectivity index (χ4v) is 1.65. The van der Waals surface area contributed by atoms with E-state index in [0.717, 1.165) is 17.1 Å². The van der Waals surface area contributed by atoms with Crippen LogP contribution >= 0.6 is 0 Å². The number of aryl methyl sites for hydroxylation is 1. The first-order valence-electron chi connectivity index (χ1n) is 6.03. The van der Waals surface area contributed by atoms with Crippen molar-refractivity contribution < 1.29 is 4.79 Å². The maximum atomic E-state index is 11.9. The fraction of sp³-hybridized carbons (Fsp3) is 0.214. The van der Waals surface area contributed by atoms with Gasteiger partial charge in [-0.1, -0.05) is 6.07 Å². The molecular formula is C14H16N4O. The third-order valence-electron chi connectivity index (χ3n) is 2.82. The topological polar surface area (TPSA) is 66.9 Å². The monoisotopic (exact) mass is 256 g/mol. The van der Waals surface area contributed by atoms with Gasteiger partial charge in [-0.3, -0.25) is 9.78 Å². The average Bonchev–Trinajstić information content (AvgIpc) is 2.46. The molecule has 0 saturated heterocycles. The van der Waals surface area contributed by atoms with Crippen LogP contribution in [0.25, 0.3) is 0 Å². The highest BCUT2D eigenvalue weighted by Gasteiger charge is 2.07. The van der Waals surface area contributed by atoms with E-state index < -0.39 is 0 Å². The van der Waals surface area contributed by atoms with Crippen molar-refractivity contribution in [2.45, 2.75) is 13.5 Å². The molecule has 2 rings (SSSR count). The minimum Gasteiger partial charge on any atom is -0.373 e. The van der Waals surface area contributed by atoms with Gasteiger partial charge in [-0.05, 0) is 30.7 Å². The van der Waals surface area contributed by atoms with Crippen LogP contribution in [-0.2, 0) is 6.54 Å². The summed E-state index contributed by atoms with van der Waals surface area (Å²) < 4.78 is 0. The zero-order valence-electron chi connectivity index (χ0n) is 11.0. The molecule has 1 amide bonds. The molecule has 0 aliphatic rings. The van der Waals surface area contributed by atoms with Crippen molar-refractivity contribution in [2.75, 3.05) is 12.4 Å². The molecule has 2 heterocycles. The van der Waals surface area contributed by atoms with E-state index in [9.17, 15) is 4.79 Å². The Morgan fingerprint density at radius 1 is 1.26 bits per heavy atom. The number of anilines is 1. The van der Waals surface area contributed by atoms with Crippen LogP contribution in [0.2, 0.25) is 0 Å². The summed E-state index contributed by atoms with van der Waals surface area (Å²) in [6.07, 6.45) is 3.27. The van der Waals surface area contributed by atoms with Gasteiger partial charge < -0.3 is 10.6 Å². The molecule has 2 aromatic rings. The highest BCUT2D eigenvalue weighted by molar-refractivity contribution is 5.93. The van der Waals surface area contributed by atoms with Crippen molar-refractivity contribution in [1.82, 2.24) is 15.3 Å². The first kappa shape index (κ1) is 13.0. The lowest BCUT2D eigenvalue weighted by Crippen LogP contribution is -2.23. The van der Waals surface area contributed by atoms with Gasteiger partial charge in [-0.15, -0.1) is 0 Å². The molecular weight excluding hydrogens is 240 g/mol. The van der Waals surface area contributed by atoms with Crippen LogP contribution in [0, 0.1) is 6.92 Å². The number of nitrogens with zero attached hydrogens (tertiary/aromatic N) is 2. The second-order valence-corrected chi connectivity index (χ2v) is 4.13. The second kappa shape index (κ2) is 5.95. The van der Waals surface area contributed by atoms with E-state index in [1.54, 1.807) is 31.6 Å². The Hall–Kier alpha value is -2.43. The minimum absolute atomic E-state index is 0.153. The van der Waals surface area contributed by atoms with Crippen LogP contribution in [0.4, 0.5) is 5.82 Å². The van der Waals surface area contributed by atoms with Gasteiger partial charge in [0.25, 0.3) is 5.91 Å². The largest absolute Gasteiger partial charge is 0.373 e. The van der Waals surface area contributed by atoms with E-state index in [1.165, 1.54) is 0 Å². The van der Waals surface area contributed by atoms with Crippen LogP contribution in [0.1, 0.15) is 21.6 Å². The molecule has 5 nitrogen and oxygen atoms in total. The van der Waals surface area contributed by atoms with Crippen molar-refractivity contribution in [3.63, 3.8) is 0 Å². The Balaban J connectivity index is 1.99. The highest BCUT2D eigenvalue weighted by Crippen LogP contribution is 2.06. The van der Waals surface area contributed by atoms with Crippen LogP contribution in [0.5, 0.6) is 0 Å². The smallest absolute Gasteiger partial charge is 0.253 e.